The standard InChI is InChI=1S/C37H65O5P/c1-9-11-12-13-14-15-16-17-18-19-20-21-22-23-24-25-26-30-31(35(38)39-10-2)29-32(36(3,4)5)34(33(30)37(6,7)8)42-43-40-27-28-41-43/h29H,9-28H2,1-8H3. The molecule has 1 heterocycles. The molecular weight excluding hydrogens is 555 g/mol. The second-order valence-corrected chi connectivity index (χ2v) is 15.6. The maximum absolute atomic E-state index is 13.3. The Morgan fingerprint density at radius 3 is 1.60 bits per heavy atom. The van der Waals surface area contributed by atoms with Crippen LogP contribution in [-0.2, 0) is 31.0 Å². The molecule has 43 heavy (non-hydrogen) atoms. The minimum Gasteiger partial charge on any atom is -0.462 e. The molecule has 1 aromatic rings. The molecule has 0 aromatic heterocycles. The Kier molecular flexibility index (Phi) is 17.7. The van der Waals surface area contributed by atoms with Gasteiger partial charge >= 0.3 is 14.6 Å². The number of carbonyl (C=O) groups excluding carboxylic acids is 1. The highest BCUT2D eigenvalue weighted by Crippen LogP contribution is 2.51. The fraction of sp³-hybridized carbons (Fsp3) is 0.811. The van der Waals surface area contributed by atoms with E-state index in [9.17, 15) is 4.79 Å². The SMILES string of the molecule is CCCCCCCCCCCCCCCCCCc1c(C(=O)OCC)cc(C(C)(C)C)c(OP2OCCO2)c1C(C)(C)C. The zero-order valence-corrected chi connectivity index (χ0v) is 30.1. The average Bonchev–Trinajstić information content (AvgIpc) is 3.44. The quantitative estimate of drug-likeness (QED) is 0.0777. The van der Waals surface area contributed by atoms with E-state index in [4.69, 9.17) is 18.3 Å². The normalized spacial score (nSPS) is 14.4. The molecule has 0 bridgehead atoms. The van der Waals surface area contributed by atoms with Crippen LogP contribution in [0.1, 0.15) is 185 Å². The van der Waals surface area contributed by atoms with Crippen molar-refractivity contribution in [2.45, 2.75) is 175 Å². The highest BCUT2D eigenvalue weighted by Gasteiger charge is 2.35. The molecule has 248 valence electrons. The molecule has 0 saturated carbocycles. The summed E-state index contributed by atoms with van der Waals surface area (Å²) in [6, 6.07) is 2.02. The van der Waals surface area contributed by atoms with Crippen LogP contribution in [0.2, 0.25) is 0 Å². The molecule has 0 radical (unpaired) electrons. The summed E-state index contributed by atoms with van der Waals surface area (Å²) < 4.78 is 23.7. The van der Waals surface area contributed by atoms with Gasteiger partial charge in [0, 0.05) is 11.1 Å². The van der Waals surface area contributed by atoms with E-state index in [1.54, 1.807) is 0 Å². The zero-order chi connectivity index (χ0) is 31.7. The first-order valence-electron chi connectivity index (χ1n) is 17.6. The van der Waals surface area contributed by atoms with Crippen molar-refractivity contribution in [1.82, 2.24) is 0 Å². The lowest BCUT2D eigenvalue weighted by molar-refractivity contribution is 0.0524. The van der Waals surface area contributed by atoms with Crippen LogP contribution < -0.4 is 4.52 Å². The summed E-state index contributed by atoms with van der Waals surface area (Å²) in [6.45, 7) is 18.7. The monoisotopic (exact) mass is 620 g/mol. The molecule has 6 heteroatoms. The van der Waals surface area contributed by atoms with Crippen LogP contribution in [0.5, 0.6) is 5.75 Å². The minimum absolute atomic E-state index is 0.238. The summed E-state index contributed by atoms with van der Waals surface area (Å²) >= 11 is 0. The van der Waals surface area contributed by atoms with Crippen molar-refractivity contribution in [2.75, 3.05) is 19.8 Å². The molecule has 0 amide bonds. The predicted octanol–water partition coefficient (Wildman–Crippen LogP) is 11.9. The van der Waals surface area contributed by atoms with Crippen LogP contribution in [0.15, 0.2) is 6.07 Å². The maximum Gasteiger partial charge on any atom is 0.397 e. The van der Waals surface area contributed by atoms with Crippen LogP contribution in [0.25, 0.3) is 0 Å². The summed E-state index contributed by atoms with van der Waals surface area (Å²) in [6.07, 6.45) is 22.3. The molecule has 1 fully saturated rings. The molecule has 0 N–H and O–H groups in total. The van der Waals surface area contributed by atoms with Gasteiger partial charge in [0.05, 0.1) is 25.4 Å². The van der Waals surface area contributed by atoms with Crippen molar-refractivity contribution >= 4 is 14.6 Å². The highest BCUT2D eigenvalue weighted by molar-refractivity contribution is 7.42. The van der Waals surface area contributed by atoms with E-state index >= 15 is 0 Å². The Balaban J connectivity index is 1.98. The molecule has 1 aliphatic rings. The van der Waals surface area contributed by atoms with Crippen molar-refractivity contribution < 1.29 is 23.1 Å². The van der Waals surface area contributed by atoms with Crippen molar-refractivity contribution in [2.24, 2.45) is 0 Å². The molecule has 0 unspecified atom stereocenters. The van der Waals surface area contributed by atoms with Gasteiger partial charge in [0.2, 0.25) is 0 Å². The molecule has 0 atom stereocenters. The van der Waals surface area contributed by atoms with Gasteiger partial charge in [-0.3, -0.25) is 0 Å². The number of rotatable bonds is 21. The van der Waals surface area contributed by atoms with E-state index in [0.29, 0.717) is 25.4 Å². The topological polar surface area (TPSA) is 54.0 Å². The van der Waals surface area contributed by atoms with Crippen LogP contribution in [0.4, 0.5) is 0 Å². The summed E-state index contributed by atoms with van der Waals surface area (Å²) in [4.78, 5) is 13.3. The molecule has 2 rings (SSSR count). The van der Waals surface area contributed by atoms with Crippen LogP contribution in [0.3, 0.4) is 0 Å². The molecule has 5 nitrogen and oxygen atoms in total. The van der Waals surface area contributed by atoms with E-state index in [-0.39, 0.29) is 16.8 Å². The zero-order valence-electron chi connectivity index (χ0n) is 29.2. The number of esters is 1. The fourth-order valence-corrected chi connectivity index (χ4v) is 7.00. The molecule has 1 aromatic carbocycles. The van der Waals surface area contributed by atoms with Gasteiger partial charge < -0.3 is 18.3 Å². The van der Waals surface area contributed by atoms with Crippen molar-refractivity contribution in [1.29, 1.82) is 0 Å². The lowest BCUT2D eigenvalue weighted by Gasteiger charge is -2.33. The van der Waals surface area contributed by atoms with Crippen molar-refractivity contribution in [3.63, 3.8) is 0 Å². The Morgan fingerprint density at radius 1 is 0.721 bits per heavy atom. The Morgan fingerprint density at radius 2 is 1.19 bits per heavy atom. The Labute approximate surface area is 266 Å². The summed E-state index contributed by atoms with van der Waals surface area (Å²) in [5.41, 5.74) is 3.36. The first kappa shape index (κ1) is 38.0. The van der Waals surface area contributed by atoms with E-state index < -0.39 is 8.60 Å². The number of hydrogen-bond acceptors (Lipinski definition) is 5. The average molecular weight is 621 g/mol. The maximum atomic E-state index is 13.3. The molecular formula is C37H65O5P. The number of benzene rings is 1. The Hall–Kier alpha value is -1.16. The van der Waals surface area contributed by atoms with Crippen molar-refractivity contribution in [3.05, 3.63) is 28.3 Å². The number of unbranched alkanes of at least 4 members (excludes halogenated alkanes) is 15. The van der Waals surface area contributed by atoms with Crippen LogP contribution in [0, 0.1) is 0 Å². The van der Waals surface area contributed by atoms with Gasteiger partial charge in [-0.15, -0.1) is 0 Å². The third-order valence-corrected chi connectivity index (χ3v) is 9.48. The molecule has 1 aliphatic heterocycles. The van der Waals surface area contributed by atoms with E-state index in [0.717, 1.165) is 35.3 Å². The van der Waals surface area contributed by atoms with Crippen LogP contribution in [-0.4, -0.2) is 25.8 Å². The van der Waals surface area contributed by atoms with Crippen LogP contribution >= 0.6 is 8.60 Å². The lowest BCUT2D eigenvalue weighted by atomic mass is 9.74. The smallest absolute Gasteiger partial charge is 0.397 e. The van der Waals surface area contributed by atoms with E-state index in [2.05, 4.69) is 48.5 Å². The fourth-order valence-electron chi connectivity index (χ4n) is 6.04. The third kappa shape index (κ3) is 13.8. The number of hydrogen-bond donors (Lipinski definition) is 0. The number of carbonyl (C=O) groups is 1. The van der Waals surface area contributed by atoms with Gasteiger partial charge in [-0.05, 0) is 42.2 Å². The summed E-state index contributed by atoms with van der Waals surface area (Å²) in [7, 11) is -1.44. The minimum atomic E-state index is -1.44. The van der Waals surface area contributed by atoms with Gasteiger partial charge in [-0.1, -0.05) is 145 Å². The second-order valence-electron chi connectivity index (χ2n) is 14.4. The highest BCUT2D eigenvalue weighted by atomic mass is 31.2. The largest absolute Gasteiger partial charge is 0.462 e. The Bertz CT molecular complexity index is 924. The summed E-state index contributed by atoms with van der Waals surface area (Å²) in [5.74, 6) is 0.586. The predicted molar refractivity (Wildman–Crippen MR) is 183 cm³/mol. The lowest BCUT2D eigenvalue weighted by Crippen LogP contribution is -2.24. The first-order valence-corrected chi connectivity index (χ1v) is 18.7. The van der Waals surface area contributed by atoms with Gasteiger partial charge in [-0.2, -0.15) is 0 Å². The van der Waals surface area contributed by atoms with Gasteiger partial charge in [0.15, 0.2) is 0 Å². The van der Waals surface area contributed by atoms with E-state index in [1.807, 2.05) is 13.0 Å². The van der Waals surface area contributed by atoms with Gasteiger partial charge in [0.1, 0.15) is 5.75 Å². The van der Waals surface area contributed by atoms with E-state index in [1.165, 1.54) is 96.3 Å². The summed E-state index contributed by atoms with van der Waals surface area (Å²) in [5, 5.41) is 0. The second kappa shape index (κ2) is 20.1. The third-order valence-electron chi connectivity index (χ3n) is 8.36. The van der Waals surface area contributed by atoms with Gasteiger partial charge in [-0.25, -0.2) is 4.79 Å². The van der Waals surface area contributed by atoms with Gasteiger partial charge in [0.25, 0.3) is 0 Å². The number of ether oxygens (including phenoxy) is 1. The molecule has 1 saturated heterocycles. The molecule has 0 spiro atoms. The molecule has 0 aliphatic carbocycles. The first-order chi connectivity index (χ1) is 20.5. The van der Waals surface area contributed by atoms with Crippen molar-refractivity contribution in [3.8, 4) is 5.75 Å².